The molecule has 3 amide bonds. The van der Waals surface area contributed by atoms with Crippen LogP contribution in [0, 0.1) is 12.8 Å². The number of hydrogen-bond acceptors (Lipinski definition) is 5. The van der Waals surface area contributed by atoms with Gasteiger partial charge in [0.25, 0.3) is 17.7 Å². The highest BCUT2D eigenvalue weighted by Crippen LogP contribution is 2.13. The number of carbonyl (C=O) groups is 3. The highest BCUT2D eigenvalue weighted by atomic mass is 16.5. The van der Waals surface area contributed by atoms with Crippen molar-refractivity contribution in [3.05, 3.63) is 65.6 Å². The number of aryl methyl sites for hydroxylation is 1. The highest BCUT2D eigenvalue weighted by molar-refractivity contribution is 5.99. The van der Waals surface area contributed by atoms with E-state index in [1.807, 2.05) is 6.07 Å². The van der Waals surface area contributed by atoms with Crippen LogP contribution in [0.1, 0.15) is 40.4 Å². The van der Waals surface area contributed by atoms with E-state index in [2.05, 4.69) is 21.2 Å². The minimum atomic E-state index is -0.849. The van der Waals surface area contributed by atoms with Gasteiger partial charge in [0.15, 0.2) is 0 Å². The molecule has 3 rings (SSSR count). The first kappa shape index (κ1) is 21.8. The van der Waals surface area contributed by atoms with Gasteiger partial charge in [-0.1, -0.05) is 19.9 Å². The van der Waals surface area contributed by atoms with Crippen LogP contribution in [-0.4, -0.2) is 40.3 Å². The lowest BCUT2D eigenvalue weighted by Crippen LogP contribution is -2.54. The zero-order valence-corrected chi connectivity index (χ0v) is 17.8. The van der Waals surface area contributed by atoms with E-state index in [1.165, 1.54) is 7.11 Å². The Morgan fingerprint density at radius 1 is 1.00 bits per heavy atom. The predicted molar refractivity (Wildman–Crippen MR) is 115 cm³/mol. The minimum absolute atomic E-state index is 0.211. The van der Waals surface area contributed by atoms with Crippen molar-refractivity contribution in [1.82, 2.24) is 25.6 Å². The maximum Gasteiger partial charge on any atom is 0.288 e. The molecule has 1 aromatic carbocycles. The van der Waals surface area contributed by atoms with Crippen molar-refractivity contribution in [3.63, 3.8) is 0 Å². The van der Waals surface area contributed by atoms with E-state index < -0.39 is 23.8 Å². The van der Waals surface area contributed by atoms with Crippen molar-refractivity contribution in [3.8, 4) is 5.75 Å². The molecule has 2 aromatic heterocycles. The summed E-state index contributed by atoms with van der Waals surface area (Å²) >= 11 is 0. The van der Waals surface area contributed by atoms with Crippen LogP contribution in [0.2, 0.25) is 0 Å². The van der Waals surface area contributed by atoms with Crippen LogP contribution in [0.25, 0.3) is 5.65 Å². The predicted octanol–water partition coefficient (Wildman–Crippen LogP) is 1.87. The summed E-state index contributed by atoms with van der Waals surface area (Å²) in [6.07, 6.45) is 1.72. The average molecular weight is 423 g/mol. The Balaban J connectivity index is 1.66. The van der Waals surface area contributed by atoms with E-state index in [-0.39, 0.29) is 5.92 Å². The van der Waals surface area contributed by atoms with Gasteiger partial charge in [-0.15, -0.1) is 0 Å². The van der Waals surface area contributed by atoms with Crippen molar-refractivity contribution in [2.45, 2.75) is 26.8 Å². The molecule has 0 aliphatic heterocycles. The van der Waals surface area contributed by atoms with Gasteiger partial charge < -0.3 is 10.1 Å². The SMILES string of the molecule is COc1ccc(C(=O)NC(C(=O)NNC(=O)c2c(C)nc3ccccn23)C(C)C)cc1. The molecule has 0 radical (unpaired) electrons. The molecule has 0 saturated heterocycles. The van der Waals surface area contributed by atoms with Gasteiger partial charge in [-0.05, 0) is 49.2 Å². The molecule has 3 aromatic rings. The summed E-state index contributed by atoms with van der Waals surface area (Å²) in [6, 6.07) is 11.1. The zero-order valence-electron chi connectivity index (χ0n) is 17.8. The number of hydrogen-bond donors (Lipinski definition) is 3. The van der Waals surface area contributed by atoms with Gasteiger partial charge in [0, 0.05) is 11.8 Å². The standard InChI is InChI=1S/C22H25N5O4/c1-13(2)18(24-20(28)15-8-10-16(31-4)11-9-15)21(29)25-26-22(30)19-14(3)23-17-7-5-6-12-27(17)19/h5-13,18H,1-4H3,(H,24,28)(H,25,29)(H,26,30). The van der Waals surface area contributed by atoms with Crippen molar-refractivity contribution in [2.75, 3.05) is 7.11 Å². The van der Waals surface area contributed by atoms with Crippen molar-refractivity contribution >= 4 is 23.4 Å². The number of carbonyl (C=O) groups excluding carboxylic acids is 3. The number of ether oxygens (including phenoxy) is 1. The van der Waals surface area contributed by atoms with Gasteiger partial charge >= 0.3 is 0 Å². The summed E-state index contributed by atoms with van der Waals surface area (Å²) in [4.78, 5) is 42.2. The Hall–Kier alpha value is -3.88. The number of fused-ring (bicyclic) bond motifs is 1. The lowest BCUT2D eigenvalue weighted by Gasteiger charge is -2.22. The lowest BCUT2D eigenvalue weighted by atomic mass is 10.0. The minimum Gasteiger partial charge on any atom is -0.497 e. The Labute approximate surface area is 179 Å². The third-order valence-electron chi connectivity index (χ3n) is 4.81. The average Bonchev–Trinajstić information content (AvgIpc) is 3.11. The molecule has 0 fully saturated rings. The second-order valence-electron chi connectivity index (χ2n) is 7.34. The Morgan fingerprint density at radius 3 is 2.35 bits per heavy atom. The summed E-state index contributed by atoms with van der Waals surface area (Å²) in [6.45, 7) is 5.32. The summed E-state index contributed by atoms with van der Waals surface area (Å²) in [5, 5.41) is 2.71. The number of hydrazine groups is 1. The lowest BCUT2D eigenvalue weighted by molar-refractivity contribution is -0.124. The fourth-order valence-corrected chi connectivity index (χ4v) is 3.14. The van der Waals surface area contributed by atoms with Crippen molar-refractivity contribution in [2.24, 2.45) is 5.92 Å². The third kappa shape index (κ3) is 4.82. The van der Waals surface area contributed by atoms with E-state index in [9.17, 15) is 14.4 Å². The van der Waals surface area contributed by atoms with Crippen LogP contribution < -0.4 is 20.9 Å². The van der Waals surface area contributed by atoms with E-state index >= 15 is 0 Å². The second-order valence-corrected chi connectivity index (χ2v) is 7.34. The van der Waals surface area contributed by atoms with Gasteiger partial charge in [-0.2, -0.15) is 0 Å². The Kier molecular flexibility index (Phi) is 6.54. The number of pyridine rings is 1. The monoisotopic (exact) mass is 423 g/mol. The number of imidazole rings is 1. The van der Waals surface area contributed by atoms with Crippen LogP contribution in [0.3, 0.4) is 0 Å². The largest absolute Gasteiger partial charge is 0.497 e. The molecule has 9 nitrogen and oxygen atoms in total. The maximum atomic E-state index is 12.7. The fourth-order valence-electron chi connectivity index (χ4n) is 3.14. The number of nitrogens with one attached hydrogen (secondary N) is 3. The first-order valence-electron chi connectivity index (χ1n) is 9.80. The highest BCUT2D eigenvalue weighted by Gasteiger charge is 2.26. The number of amides is 3. The first-order chi connectivity index (χ1) is 14.8. The number of benzene rings is 1. The molecule has 0 aliphatic carbocycles. The third-order valence-corrected chi connectivity index (χ3v) is 4.81. The fraction of sp³-hybridized carbons (Fsp3) is 0.273. The molecule has 1 unspecified atom stereocenters. The quantitative estimate of drug-likeness (QED) is 0.524. The molecule has 31 heavy (non-hydrogen) atoms. The van der Waals surface area contributed by atoms with Crippen LogP contribution >= 0.6 is 0 Å². The van der Waals surface area contributed by atoms with Gasteiger partial charge in [-0.25, -0.2) is 4.98 Å². The molecule has 0 bridgehead atoms. The number of aromatic nitrogens is 2. The Morgan fingerprint density at radius 2 is 1.71 bits per heavy atom. The van der Waals surface area contributed by atoms with Gasteiger partial charge in [-0.3, -0.25) is 29.6 Å². The first-order valence-corrected chi connectivity index (χ1v) is 9.80. The Bertz CT molecular complexity index is 1100. The molecule has 9 heteroatoms. The van der Waals surface area contributed by atoms with E-state index in [0.717, 1.165) is 0 Å². The summed E-state index contributed by atoms with van der Waals surface area (Å²) in [5.74, 6) is -1.03. The van der Waals surface area contributed by atoms with Gasteiger partial charge in [0.05, 0.1) is 12.8 Å². The molecule has 3 N–H and O–H groups in total. The van der Waals surface area contributed by atoms with Crippen LogP contribution in [-0.2, 0) is 4.79 Å². The molecule has 0 spiro atoms. The molecule has 2 heterocycles. The number of nitrogens with zero attached hydrogens (tertiary/aromatic N) is 2. The van der Waals surface area contributed by atoms with Crippen molar-refractivity contribution < 1.29 is 19.1 Å². The second kappa shape index (κ2) is 9.29. The topological polar surface area (TPSA) is 114 Å². The normalized spacial score (nSPS) is 11.8. The summed E-state index contributed by atoms with van der Waals surface area (Å²) < 4.78 is 6.73. The van der Waals surface area contributed by atoms with Gasteiger partial charge in [0.1, 0.15) is 23.1 Å². The molecular weight excluding hydrogens is 398 g/mol. The summed E-state index contributed by atoms with van der Waals surface area (Å²) in [5.41, 5.74) is 6.69. The van der Waals surface area contributed by atoms with Crippen LogP contribution in [0.15, 0.2) is 48.7 Å². The molecule has 0 aliphatic rings. The van der Waals surface area contributed by atoms with Crippen LogP contribution in [0.4, 0.5) is 0 Å². The maximum absolute atomic E-state index is 12.7. The van der Waals surface area contributed by atoms with E-state index in [0.29, 0.717) is 28.3 Å². The van der Waals surface area contributed by atoms with E-state index in [4.69, 9.17) is 4.74 Å². The van der Waals surface area contributed by atoms with Crippen molar-refractivity contribution in [1.29, 1.82) is 0 Å². The van der Waals surface area contributed by atoms with Crippen LogP contribution in [0.5, 0.6) is 5.75 Å². The summed E-state index contributed by atoms with van der Waals surface area (Å²) in [7, 11) is 1.54. The molecule has 162 valence electrons. The van der Waals surface area contributed by atoms with E-state index in [1.54, 1.807) is 67.8 Å². The molecular formula is C22H25N5O4. The number of methoxy groups -OCH3 is 1. The van der Waals surface area contributed by atoms with Gasteiger partial charge in [0.2, 0.25) is 0 Å². The number of rotatable bonds is 6. The smallest absolute Gasteiger partial charge is 0.288 e. The molecule has 0 saturated carbocycles. The molecule has 1 atom stereocenters. The zero-order chi connectivity index (χ0) is 22.5.